The van der Waals surface area contributed by atoms with Crippen molar-refractivity contribution in [1.29, 1.82) is 0 Å². The van der Waals surface area contributed by atoms with Crippen molar-refractivity contribution in [1.82, 2.24) is 10.2 Å². The fraction of sp³-hybridized carbons (Fsp3) is 0.667. The fourth-order valence-electron chi connectivity index (χ4n) is 2.28. The number of nitrogens with one attached hydrogen (secondary N) is 1. The average Bonchev–Trinajstić information content (AvgIpc) is 2.56. The van der Waals surface area contributed by atoms with Crippen LogP contribution in [-0.2, 0) is 6.54 Å². The minimum absolute atomic E-state index is 0.260. The van der Waals surface area contributed by atoms with E-state index in [1.807, 2.05) is 18.2 Å². The molecular formula is C18H32N2O3. The van der Waals surface area contributed by atoms with E-state index < -0.39 is 6.10 Å². The first-order chi connectivity index (χ1) is 11.0. The molecule has 0 aliphatic rings. The van der Waals surface area contributed by atoms with Gasteiger partial charge in [-0.1, -0.05) is 33.8 Å². The Kier molecular flexibility index (Phi) is 8.99. The Balaban J connectivity index is 2.59. The van der Waals surface area contributed by atoms with Crippen LogP contribution in [0, 0.1) is 0 Å². The Morgan fingerprint density at radius 3 is 2.43 bits per heavy atom. The first-order valence-electron chi connectivity index (χ1n) is 8.43. The SMILES string of the molecule is CCN(CC)C[C@@H](O)COc1ccc(CNC(C)C)cc1OC. The van der Waals surface area contributed by atoms with Gasteiger partial charge in [-0.05, 0) is 30.8 Å². The molecule has 0 saturated carbocycles. The van der Waals surface area contributed by atoms with Crippen molar-refractivity contribution in [2.45, 2.75) is 46.4 Å². The second-order valence-corrected chi connectivity index (χ2v) is 5.97. The lowest BCUT2D eigenvalue weighted by molar-refractivity contribution is 0.0705. The number of aliphatic hydroxyl groups excluding tert-OH is 1. The second kappa shape index (κ2) is 10.5. The minimum Gasteiger partial charge on any atom is -0.493 e. The highest BCUT2D eigenvalue weighted by atomic mass is 16.5. The molecule has 0 fully saturated rings. The fourth-order valence-corrected chi connectivity index (χ4v) is 2.28. The lowest BCUT2D eigenvalue weighted by atomic mass is 10.2. The summed E-state index contributed by atoms with van der Waals surface area (Å²) in [6.45, 7) is 11.9. The van der Waals surface area contributed by atoms with Crippen molar-refractivity contribution in [2.24, 2.45) is 0 Å². The third kappa shape index (κ3) is 7.20. The number of hydrogen-bond acceptors (Lipinski definition) is 5. The number of nitrogens with zero attached hydrogens (tertiary/aromatic N) is 1. The van der Waals surface area contributed by atoms with Crippen LogP contribution in [0.2, 0.25) is 0 Å². The highest BCUT2D eigenvalue weighted by Crippen LogP contribution is 2.28. The molecule has 0 aliphatic heterocycles. The van der Waals surface area contributed by atoms with Crippen molar-refractivity contribution >= 4 is 0 Å². The van der Waals surface area contributed by atoms with Crippen LogP contribution in [0.15, 0.2) is 18.2 Å². The quantitative estimate of drug-likeness (QED) is 0.654. The zero-order valence-electron chi connectivity index (χ0n) is 15.1. The average molecular weight is 324 g/mol. The molecule has 1 aromatic carbocycles. The van der Waals surface area contributed by atoms with Crippen molar-refractivity contribution in [3.63, 3.8) is 0 Å². The molecule has 0 unspecified atom stereocenters. The summed E-state index contributed by atoms with van der Waals surface area (Å²) in [5.41, 5.74) is 1.14. The molecule has 5 heteroatoms. The van der Waals surface area contributed by atoms with Gasteiger partial charge in [0.1, 0.15) is 12.7 Å². The van der Waals surface area contributed by atoms with Gasteiger partial charge in [0.05, 0.1) is 7.11 Å². The molecule has 0 heterocycles. The van der Waals surface area contributed by atoms with E-state index in [1.165, 1.54) is 0 Å². The summed E-state index contributed by atoms with van der Waals surface area (Å²) in [5, 5.41) is 13.5. The number of hydrogen-bond donors (Lipinski definition) is 2. The molecular weight excluding hydrogens is 292 g/mol. The van der Waals surface area contributed by atoms with E-state index in [0.717, 1.165) is 25.2 Å². The Morgan fingerprint density at radius 1 is 1.17 bits per heavy atom. The van der Waals surface area contributed by atoms with E-state index in [0.29, 0.717) is 24.1 Å². The smallest absolute Gasteiger partial charge is 0.161 e. The highest BCUT2D eigenvalue weighted by molar-refractivity contribution is 5.43. The molecule has 0 bridgehead atoms. The number of benzene rings is 1. The summed E-state index contributed by atoms with van der Waals surface area (Å²) >= 11 is 0. The van der Waals surface area contributed by atoms with Crippen LogP contribution in [0.4, 0.5) is 0 Å². The number of aliphatic hydroxyl groups is 1. The third-order valence-corrected chi connectivity index (χ3v) is 3.74. The largest absolute Gasteiger partial charge is 0.493 e. The van der Waals surface area contributed by atoms with Crippen LogP contribution in [0.3, 0.4) is 0 Å². The van der Waals surface area contributed by atoms with Gasteiger partial charge in [0.25, 0.3) is 0 Å². The van der Waals surface area contributed by atoms with Gasteiger partial charge in [-0.2, -0.15) is 0 Å². The lowest BCUT2D eigenvalue weighted by Gasteiger charge is -2.22. The molecule has 2 N–H and O–H groups in total. The monoisotopic (exact) mass is 324 g/mol. The third-order valence-electron chi connectivity index (χ3n) is 3.74. The maximum absolute atomic E-state index is 10.1. The summed E-state index contributed by atoms with van der Waals surface area (Å²) in [6.07, 6.45) is -0.512. The van der Waals surface area contributed by atoms with Crippen LogP contribution in [0.1, 0.15) is 33.3 Å². The molecule has 5 nitrogen and oxygen atoms in total. The number of ether oxygens (including phenoxy) is 2. The summed E-state index contributed by atoms with van der Waals surface area (Å²) < 4.78 is 11.1. The molecule has 23 heavy (non-hydrogen) atoms. The standard InChI is InChI=1S/C18H32N2O3/c1-6-20(7-2)12-16(21)13-23-17-9-8-15(10-18(17)22-5)11-19-14(3)4/h8-10,14,16,19,21H,6-7,11-13H2,1-5H3/t16-/m1/s1. The van der Waals surface area contributed by atoms with Gasteiger partial charge < -0.3 is 24.8 Å². The van der Waals surface area contributed by atoms with Gasteiger partial charge in [-0.3, -0.25) is 0 Å². The molecule has 1 aromatic rings. The van der Waals surface area contributed by atoms with Crippen LogP contribution >= 0.6 is 0 Å². The lowest BCUT2D eigenvalue weighted by Crippen LogP contribution is -2.35. The summed E-state index contributed by atoms with van der Waals surface area (Å²) in [7, 11) is 1.63. The molecule has 1 rings (SSSR count). The van der Waals surface area contributed by atoms with Crippen LogP contribution in [-0.4, -0.2) is 55.5 Å². The number of methoxy groups -OCH3 is 1. The molecule has 0 amide bonds. The van der Waals surface area contributed by atoms with Gasteiger partial charge in [0.2, 0.25) is 0 Å². The van der Waals surface area contributed by atoms with Gasteiger partial charge in [-0.15, -0.1) is 0 Å². The van der Waals surface area contributed by atoms with Crippen molar-refractivity contribution in [3.05, 3.63) is 23.8 Å². The van der Waals surface area contributed by atoms with E-state index in [9.17, 15) is 5.11 Å². The van der Waals surface area contributed by atoms with Gasteiger partial charge in [-0.25, -0.2) is 0 Å². The molecule has 132 valence electrons. The maximum Gasteiger partial charge on any atom is 0.161 e. The van der Waals surface area contributed by atoms with E-state index in [-0.39, 0.29) is 6.61 Å². The van der Waals surface area contributed by atoms with Gasteiger partial charge >= 0.3 is 0 Å². The zero-order chi connectivity index (χ0) is 17.2. The Hall–Kier alpha value is -1.30. The first kappa shape index (κ1) is 19.7. The van der Waals surface area contributed by atoms with Gasteiger partial charge in [0, 0.05) is 19.1 Å². The molecule has 0 spiro atoms. The minimum atomic E-state index is -0.512. The van der Waals surface area contributed by atoms with Gasteiger partial charge in [0.15, 0.2) is 11.5 Å². The van der Waals surface area contributed by atoms with E-state index in [4.69, 9.17) is 9.47 Å². The van der Waals surface area contributed by atoms with E-state index >= 15 is 0 Å². The molecule has 0 aliphatic carbocycles. The van der Waals surface area contributed by atoms with Crippen LogP contribution in [0.25, 0.3) is 0 Å². The van der Waals surface area contributed by atoms with E-state index in [2.05, 4.69) is 37.9 Å². The molecule has 1 atom stereocenters. The van der Waals surface area contributed by atoms with Crippen molar-refractivity contribution < 1.29 is 14.6 Å². The number of likely N-dealkylation sites (N-methyl/N-ethyl adjacent to an activating group) is 1. The Labute approximate surface area is 140 Å². The Morgan fingerprint density at radius 2 is 1.87 bits per heavy atom. The predicted molar refractivity (Wildman–Crippen MR) is 94.3 cm³/mol. The van der Waals surface area contributed by atoms with Crippen LogP contribution < -0.4 is 14.8 Å². The molecule has 0 radical (unpaired) electrons. The maximum atomic E-state index is 10.1. The normalized spacial score (nSPS) is 12.7. The summed E-state index contributed by atoms with van der Waals surface area (Å²) in [5.74, 6) is 1.36. The topological polar surface area (TPSA) is 54.0 Å². The second-order valence-electron chi connectivity index (χ2n) is 5.97. The molecule has 0 aromatic heterocycles. The predicted octanol–water partition coefficient (Wildman–Crippen LogP) is 2.27. The molecule has 0 saturated heterocycles. The Bertz CT molecular complexity index is 448. The van der Waals surface area contributed by atoms with E-state index in [1.54, 1.807) is 7.11 Å². The summed E-state index contributed by atoms with van der Waals surface area (Å²) in [4.78, 5) is 2.17. The number of rotatable bonds is 11. The van der Waals surface area contributed by atoms with Crippen molar-refractivity contribution in [2.75, 3.05) is 33.4 Å². The van der Waals surface area contributed by atoms with Crippen molar-refractivity contribution in [3.8, 4) is 11.5 Å². The first-order valence-corrected chi connectivity index (χ1v) is 8.43. The highest BCUT2D eigenvalue weighted by Gasteiger charge is 2.12. The summed E-state index contributed by atoms with van der Waals surface area (Å²) in [6, 6.07) is 6.33. The van der Waals surface area contributed by atoms with Crippen LogP contribution in [0.5, 0.6) is 11.5 Å². The zero-order valence-corrected chi connectivity index (χ0v) is 15.1.